The highest BCUT2D eigenvalue weighted by Gasteiger charge is 2.09. The van der Waals surface area contributed by atoms with Crippen molar-refractivity contribution < 1.29 is 8.42 Å². The first-order valence-electron chi connectivity index (χ1n) is 3.83. The molecule has 0 radical (unpaired) electrons. The van der Waals surface area contributed by atoms with Crippen molar-refractivity contribution in [3.8, 4) is 0 Å². The van der Waals surface area contributed by atoms with Crippen LogP contribution in [0.25, 0.3) is 0 Å². The van der Waals surface area contributed by atoms with Crippen molar-refractivity contribution in [2.24, 2.45) is 0 Å². The fourth-order valence-corrected chi connectivity index (χ4v) is 2.33. The van der Waals surface area contributed by atoms with Gasteiger partial charge in [0.05, 0.1) is 17.6 Å². The second-order valence-electron chi connectivity index (χ2n) is 3.06. The topological polar surface area (TPSA) is 72.2 Å². The Balaban J connectivity index is 3.22. The number of halogens is 1. The van der Waals surface area contributed by atoms with Crippen LogP contribution in [0.5, 0.6) is 0 Å². The summed E-state index contributed by atoms with van der Waals surface area (Å²) in [4.78, 5) is 0. The molecule has 0 spiro atoms. The fraction of sp³-hybridized carbons (Fsp3) is 0.250. The molecule has 1 rings (SSSR count). The molecule has 1 aromatic carbocycles. The molecule has 6 heteroatoms. The first kappa shape index (κ1) is 11.3. The highest BCUT2D eigenvalue weighted by atomic mass is 79.9. The van der Waals surface area contributed by atoms with Gasteiger partial charge in [-0.1, -0.05) is 15.9 Å². The molecule has 0 bridgehead atoms. The Morgan fingerprint density at radius 2 is 2.00 bits per heavy atom. The summed E-state index contributed by atoms with van der Waals surface area (Å²) >= 11 is 3.27. The number of aryl methyl sites for hydroxylation is 1. The molecule has 1 aromatic rings. The van der Waals surface area contributed by atoms with Gasteiger partial charge in [-0.3, -0.25) is 4.72 Å². The fourth-order valence-electron chi connectivity index (χ4n) is 1.09. The Hall–Kier alpha value is -0.750. The monoisotopic (exact) mass is 278 g/mol. The third-order valence-corrected chi connectivity index (χ3v) is 2.65. The van der Waals surface area contributed by atoms with Crippen LogP contribution in [0, 0.1) is 6.92 Å². The first-order chi connectivity index (χ1) is 6.29. The van der Waals surface area contributed by atoms with Crippen molar-refractivity contribution in [2.45, 2.75) is 6.92 Å². The zero-order chi connectivity index (χ0) is 10.9. The zero-order valence-electron chi connectivity index (χ0n) is 7.83. The standard InChI is InChI=1S/C8H11BrN2O2S/c1-5-3-6(9)4-7(10)8(5)11-14(2,12)13/h3-4,11H,10H2,1-2H3. The number of hydrogen-bond acceptors (Lipinski definition) is 3. The molecular formula is C8H11BrN2O2S. The molecule has 0 saturated heterocycles. The van der Waals surface area contributed by atoms with Crippen molar-refractivity contribution in [1.29, 1.82) is 0 Å². The Morgan fingerprint density at radius 3 is 2.43 bits per heavy atom. The molecule has 0 atom stereocenters. The molecule has 0 aliphatic rings. The summed E-state index contributed by atoms with van der Waals surface area (Å²) in [5, 5.41) is 0. The molecule has 0 aliphatic carbocycles. The molecule has 0 fully saturated rings. The summed E-state index contributed by atoms with van der Waals surface area (Å²) in [7, 11) is -3.28. The van der Waals surface area contributed by atoms with E-state index in [1.807, 2.05) is 0 Å². The van der Waals surface area contributed by atoms with Crippen LogP contribution in [-0.2, 0) is 10.0 Å². The van der Waals surface area contributed by atoms with E-state index in [-0.39, 0.29) is 0 Å². The van der Waals surface area contributed by atoms with E-state index in [4.69, 9.17) is 5.73 Å². The summed E-state index contributed by atoms with van der Waals surface area (Å²) in [5.74, 6) is 0. The van der Waals surface area contributed by atoms with Gasteiger partial charge >= 0.3 is 0 Å². The predicted octanol–water partition coefficient (Wildman–Crippen LogP) is 1.71. The average molecular weight is 279 g/mol. The van der Waals surface area contributed by atoms with Crippen molar-refractivity contribution in [3.05, 3.63) is 22.2 Å². The van der Waals surface area contributed by atoms with Crippen LogP contribution in [0.1, 0.15) is 5.56 Å². The van der Waals surface area contributed by atoms with Crippen molar-refractivity contribution in [3.63, 3.8) is 0 Å². The number of rotatable bonds is 2. The largest absolute Gasteiger partial charge is 0.397 e. The van der Waals surface area contributed by atoms with E-state index >= 15 is 0 Å². The molecule has 4 nitrogen and oxygen atoms in total. The summed E-state index contributed by atoms with van der Waals surface area (Å²) in [6, 6.07) is 3.45. The number of nitrogen functional groups attached to an aromatic ring is 1. The molecule has 3 N–H and O–H groups in total. The van der Waals surface area contributed by atoms with E-state index in [1.165, 1.54) is 0 Å². The molecule has 0 saturated carbocycles. The number of sulfonamides is 1. The van der Waals surface area contributed by atoms with Crippen molar-refractivity contribution in [1.82, 2.24) is 0 Å². The van der Waals surface area contributed by atoms with Gasteiger partial charge in [0.15, 0.2) is 0 Å². The SMILES string of the molecule is Cc1cc(Br)cc(N)c1NS(C)(=O)=O. The van der Waals surface area contributed by atoms with E-state index in [0.29, 0.717) is 11.4 Å². The molecule has 0 unspecified atom stereocenters. The number of nitrogens with two attached hydrogens (primary N) is 1. The predicted molar refractivity (Wildman–Crippen MR) is 61.8 cm³/mol. The lowest BCUT2D eigenvalue weighted by molar-refractivity contribution is 0.607. The van der Waals surface area contributed by atoms with Crippen LogP contribution in [0.2, 0.25) is 0 Å². The number of benzene rings is 1. The Labute approximate surface area is 91.7 Å². The number of hydrogen-bond donors (Lipinski definition) is 2. The van der Waals surface area contributed by atoms with Crippen molar-refractivity contribution >= 4 is 37.3 Å². The third-order valence-electron chi connectivity index (χ3n) is 1.62. The summed E-state index contributed by atoms with van der Waals surface area (Å²) < 4.78 is 25.2. The Kier molecular flexibility index (Phi) is 3.06. The molecular weight excluding hydrogens is 268 g/mol. The van der Waals surface area contributed by atoms with Gasteiger partial charge in [-0.15, -0.1) is 0 Å². The minimum absolute atomic E-state index is 0.405. The Morgan fingerprint density at radius 1 is 1.43 bits per heavy atom. The average Bonchev–Trinajstić information content (AvgIpc) is 1.95. The molecule has 0 amide bonds. The molecule has 0 heterocycles. The van der Waals surface area contributed by atoms with Crippen LogP contribution in [0.4, 0.5) is 11.4 Å². The second-order valence-corrected chi connectivity index (χ2v) is 5.73. The number of anilines is 2. The van der Waals surface area contributed by atoms with E-state index in [0.717, 1.165) is 16.3 Å². The van der Waals surface area contributed by atoms with Crippen LogP contribution < -0.4 is 10.5 Å². The lowest BCUT2D eigenvalue weighted by atomic mass is 10.2. The van der Waals surface area contributed by atoms with Gasteiger partial charge in [0.25, 0.3) is 0 Å². The van der Waals surface area contributed by atoms with E-state index < -0.39 is 10.0 Å². The maximum atomic E-state index is 11.0. The van der Waals surface area contributed by atoms with E-state index in [9.17, 15) is 8.42 Å². The molecule has 0 aromatic heterocycles. The van der Waals surface area contributed by atoms with Crippen LogP contribution in [-0.4, -0.2) is 14.7 Å². The maximum Gasteiger partial charge on any atom is 0.229 e. The van der Waals surface area contributed by atoms with E-state index in [2.05, 4.69) is 20.7 Å². The van der Waals surface area contributed by atoms with Crippen LogP contribution in [0.3, 0.4) is 0 Å². The summed E-state index contributed by atoms with van der Waals surface area (Å²) in [5.41, 5.74) is 7.30. The summed E-state index contributed by atoms with van der Waals surface area (Å²) in [6.45, 7) is 1.79. The quantitative estimate of drug-likeness (QED) is 0.809. The van der Waals surface area contributed by atoms with Gasteiger partial charge < -0.3 is 5.73 Å². The minimum Gasteiger partial charge on any atom is -0.397 e. The van der Waals surface area contributed by atoms with Crippen LogP contribution >= 0.6 is 15.9 Å². The molecule has 0 aliphatic heterocycles. The lowest BCUT2D eigenvalue weighted by Gasteiger charge is -2.11. The highest BCUT2D eigenvalue weighted by molar-refractivity contribution is 9.10. The van der Waals surface area contributed by atoms with Gasteiger partial charge in [0.1, 0.15) is 0 Å². The maximum absolute atomic E-state index is 11.0. The third kappa shape index (κ3) is 2.88. The highest BCUT2D eigenvalue weighted by Crippen LogP contribution is 2.28. The van der Waals surface area contributed by atoms with Crippen LogP contribution in [0.15, 0.2) is 16.6 Å². The van der Waals surface area contributed by atoms with Gasteiger partial charge in [-0.05, 0) is 24.6 Å². The van der Waals surface area contributed by atoms with E-state index in [1.54, 1.807) is 19.1 Å². The number of nitrogens with one attached hydrogen (secondary N) is 1. The molecule has 78 valence electrons. The van der Waals surface area contributed by atoms with Gasteiger partial charge in [0, 0.05) is 4.47 Å². The van der Waals surface area contributed by atoms with Gasteiger partial charge in [-0.25, -0.2) is 8.42 Å². The Bertz CT molecular complexity index is 433. The molecule has 14 heavy (non-hydrogen) atoms. The van der Waals surface area contributed by atoms with Gasteiger partial charge in [-0.2, -0.15) is 0 Å². The smallest absolute Gasteiger partial charge is 0.229 e. The lowest BCUT2D eigenvalue weighted by Crippen LogP contribution is -2.12. The second kappa shape index (κ2) is 3.78. The first-order valence-corrected chi connectivity index (χ1v) is 6.51. The minimum atomic E-state index is -3.28. The zero-order valence-corrected chi connectivity index (χ0v) is 10.2. The normalized spacial score (nSPS) is 11.4. The van der Waals surface area contributed by atoms with Gasteiger partial charge in [0.2, 0.25) is 10.0 Å². The van der Waals surface area contributed by atoms with Crippen molar-refractivity contribution in [2.75, 3.05) is 16.7 Å². The summed E-state index contributed by atoms with van der Waals surface area (Å²) in [6.07, 6.45) is 1.09.